The molecule has 0 spiro atoms. The second kappa shape index (κ2) is 4.51. The van der Waals surface area contributed by atoms with Gasteiger partial charge in [-0.25, -0.2) is 0 Å². The lowest BCUT2D eigenvalue weighted by Gasteiger charge is -2.40. The SMILES string of the molecule is CCC1CCN1C(=O)c1ccc(I)cc1. The minimum Gasteiger partial charge on any atom is -0.336 e. The number of hydrogen-bond donors (Lipinski definition) is 0. The molecule has 1 amide bonds. The zero-order valence-electron chi connectivity index (χ0n) is 8.74. The van der Waals surface area contributed by atoms with Crippen LogP contribution < -0.4 is 0 Å². The van der Waals surface area contributed by atoms with Crippen molar-refractivity contribution < 1.29 is 4.79 Å². The number of rotatable bonds is 2. The molecular formula is C12H14INO. The Hall–Kier alpha value is -0.580. The van der Waals surface area contributed by atoms with Crippen LogP contribution in [0.1, 0.15) is 30.1 Å². The van der Waals surface area contributed by atoms with Gasteiger partial charge in [-0.1, -0.05) is 6.92 Å². The van der Waals surface area contributed by atoms with Crippen LogP contribution in [-0.2, 0) is 0 Å². The van der Waals surface area contributed by atoms with Crippen molar-refractivity contribution in [3.63, 3.8) is 0 Å². The Morgan fingerprint density at radius 3 is 2.60 bits per heavy atom. The van der Waals surface area contributed by atoms with E-state index in [4.69, 9.17) is 0 Å². The average Bonchev–Trinajstić information content (AvgIpc) is 2.17. The smallest absolute Gasteiger partial charge is 0.254 e. The van der Waals surface area contributed by atoms with Crippen molar-refractivity contribution in [2.24, 2.45) is 0 Å². The quantitative estimate of drug-likeness (QED) is 0.769. The molecule has 0 bridgehead atoms. The van der Waals surface area contributed by atoms with Gasteiger partial charge in [0.15, 0.2) is 0 Å². The first-order chi connectivity index (χ1) is 7.22. The van der Waals surface area contributed by atoms with E-state index in [9.17, 15) is 4.79 Å². The van der Waals surface area contributed by atoms with E-state index in [2.05, 4.69) is 29.5 Å². The summed E-state index contributed by atoms with van der Waals surface area (Å²) >= 11 is 2.25. The number of benzene rings is 1. The Labute approximate surface area is 104 Å². The lowest BCUT2D eigenvalue weighted by Crippen LogP contribution is -2.50. The van der Waals surface area contributed by atoms with Crippen molar-refractivity contribution in [2.75, 3.05) is 6.54 Å². The fourth-order valence-electron chi connectivity index (χ4n) is 1.89. The van der Waals surface area contributed by atoms with Gasteiger partial charge in [0.25, 0.3) is 5.91 Å². The van der Waals surface area contributed by atoms with Crippen LogP contribution in [0.2, 0.25) is 0 Å². The zero-order chi connectivity index (χ0) is 10.8. The van der Waals surface area contributed by atoms with Gasteiger partial charge in [-0.3, -0.25) is 4.79 Å². The Balaban J connectivity index is 2.11. The highest BCUT2D eigenvalue weighted by molar-refractivity contribution is 14.1. The fraction of sp³-hybridized carbons (Fsp3) is 0.417. The predicted molar refractivity (Wildman–Crippen MR) is 68.9 cm³/mol. The molecule has 1 aromatic rings. The zero-order valence-corrected chi connectivity index (χ0v) is 10.9. The van der Waals surface area contributed by atoms with Crippen LogP contribution in [0, 0.1) is 3.57 Å². The van der Waals surface area contributed by atoms with Crippen molar-refractivity contribution in [3.05, 3.63) is 33.4 Å². The van der Waals surface area contributed by atoms with Gasteiger partial charge in [0.05, 0.1) is 0 Å². The van der Waals surface area contributed by atoms with E-state index in [0.717, 1.165) is 24.9 Å². The van der Waals surface area contributed by atoms with Gasteiger partial charge in [-0.2, -0.15) is 0 Å². The molecule has 80 valence electrons. The third-order valence-electron chi connectivity index (χ3n) is 2.97. The van der Waals surface area contributed by atoms with Crippen LogP contribution in [0.15, 0.2) is 24.3 Å². The van der Waals surface area contributed by atoms with Gasteiger partial charge < -0.3 is 4.90 Å². The topological polar surface area (TPSA) is 20.3 Å². The lowest BCUT2D eigenvalue weighted by atomic mass is 9.99. The second-order valence-corrected chi connectivity index (χ2v) is 5.10. The first-order valence-electron chi connectivity index (χ1n) is 5.29. The Kier molecular flexibility index (Phi) is 3.29. The molecular weight excluding hydrogens is 301 g/mol. The van der Waals surface area contributed by atoms with Gasteiger partial charge in [-0.05, 0) is 59.7 Å². The molecule has 2 rings (SSSR count). The van der Waals surface area contributed by atoms with E-state index in [0.29, 0.717) is 6.04 Å². The van der Waals surface area contributed by atoms with Gasteiger partial charge in [0.1, 0.15) is 0 Å². The molecule has 1 unspecified atom stereocenters. The summed E-state index contributed by atoms with van der Waals surface area (Å²) in [4.78, 5) is 14.0. The van der Waals surface area contributed by atoms with Crippen molar-refractivity contribution >= 4 is 28.5 Å². The number of amides is 1. The maximum absolute atomic E-state index is 12.0. The van der Waals surface area contributed by atoms with Crippen LogP contribution in [0.3, 0.4) is 0 Å². The maximum atomic E-state index is 12.0. The minimum atomic E-state index is 0.185. The molecule has 1 aliphatic heterocycles. The van der Waals surface area contributed by atoms with Crippen molar-refractivity contribution in [1.29, 1.82) is 0 Å². The number of carbonyl (C=O) groups excluding carboxylic acids is 1. The van der Waals surface area contributed by atoms with E-state index in [-0.39, 0.29) is 5.91 Å². The Morgan fingerprint density at radius 1 is 1.47 bits per heavy atom. The van der Waals surface area contributed by atoms with Gasteiger partial charge in [0, 0.05) is 21.7 Å². The molecule has 1 aliphatic rings. The van der Waals surface area contributed by atoms with E-state index < -0.39 is 0 Å². The molecule has 0 aromatic heterocycles. The van der Waals surface area contributed by atoms with Gasteiger partial charge in [-0.15, -0.1) is 0 Å². The van der Waals surface area contributed by atoms with Crippen LogP contribution in [0.25, 0.3) is 0 Å². The summed E-state index contributed by atoms with van der Waals surface area (Å²) in [6.45, 7) is 3.06. The summed E-state index contributed by atoms with van der Waals surface area (Å²) in [6, 6.07) is 8.25. The molecule has 0 saturated carbocycles. The average molecular weight is 315 g/mol. The molecule has 0 radical (unpaired) electrons. The largest absolute Gasteiger partial charge is 0.336 e. The Bertz CT molecular complexity index is 358. The first kappa shape index (κ1) is 10.9. The number of hydrogen-bond acceptors (Lipinski definition) is 1. The summed E-state index contributed by atoms with van der Waals surface area (Å²) in [5.74, 6) is 0.185. The number of halogens is 1. The van der Waals surface area contributed by atoms with Crippen molar-refractivity contribution in [1.82, 2.24) is 4.90 Å². The van der Waals surface area contributed by atoms with E-state index >= 15 is 0 Å². The summed E-state index contributed by atoms with van der Waals surface area (Å²) in [5.41, 5.74) is 0.813. The third kappa shape index (κ3) is 2.17. The highest BCUT2D eigenvalue weighted by Crippen LogP contribution is 2.23. The lowest BCUT2D eigenvalue weighted by molar-refractivity contribution is 0.0455. The van der Waals surface area contributed by atoms with E-state index in [1.54, 1.807) is 0 Å². The minimum absolute atomic E-state index is 0.185. The summed E-state index contributed by atoms with van der Waals surface area (Å²) in [6.07, 6.45) is 2.22. The highest BCUT2D eigenvalue weighted by Gasteiger charge is 2.30. The highest BCUT2D eigenvalue weighted by atomic mass is 127. The number of nitrogens with zero attached hydrogens (tertiary/aromatic N) is 1. The van der Waals surface area contributed by atoms with Crippen molar-refractivity contribution in [2.45, 2.75) is 25.8 Å². The molecule has 1 aromatic carbocycles. The molecule has 1 atom stereocenters. The van der Waals surface area contributed by atoms with Crippen LogP contribution in [-0.4, -0.2) is 23.4 Å². The molecule has 0 aliphatic carbocycles. The monoisotopic (exact) mass is 315 g/mol. The van der Waals surface area contributed by atoms with Gasteiger partial charge in [0.2, 0.25) is 0 Å². The van der Waals surface area contributed by atoms with E-state index in [1.165, 1.54) is 3.57 Å². The fourth-order valence-corrected chi connectivity index (χ4v) is 2.25. The normalized spacial score (nSPS) is 19.9. The second-order valence-electron chi connectivity index (χ2n) is 3.86. The first-order valence-corrected chi connectivity index (χ1v) is 6.36. The summed E-state index contributed by atoms with van der Waals surface area (Å²) in [5, 5.41) is 0. The van der Waals surface area contributed by atoms with Crippen LogP contribution in [0.5, 0.6) is 0 Å². The Morgan fingerprint density at radius 2 is 2.13 bits per heavy atom. The molecule has 1 saturated heterocycles. The molecule has 1 heterocycles. The number of likely N-dealkylation sites (tertiary alicyclic amines) is 1. The molecule has 3 heteroatoms. The standard InChI is InChI=1S/C12H14INO/c1-2-11-7-8-14(11)12(15)9-3-5-10(13)6-4-9/h3-6,11H,2,7-8H2,1H3. The van der Waals surface area contributed by atoms with Crippen LogP contribution in [0.4, 0.5) is 0 Å². The predicted octanol–water partition coefficient (Wildman–Crippen LogP) is 2.92. The van der Waals surface area contributed by atoms with E-state index in [1.807, 2.05) is 29.2 Å². The molecule has 2 nitrogen and oxygen atoms in total. The summed E-state index contributed by atoms with van der Waals surface area (Å²) in [7, 11) is 0. The molecule has 15 heavy (non-hydrogen) atoms. The maximum Gasteiger partial charge on any atom is 0.254 e. The third-order valence-corrected chi connectivity index (χ3v) is 3.69. The molecule has 1 fully saturated rings. The van der Waals surface area contributed by atoms with Crippen LogP contribution >= 0.6 is 22.6 Å². The van der Waals surface area contributed by atoms with Gasteiger partial charge >= 0.3 is 0 Å². The summed E-state index contributed by atoms with van der Waals surface area (Å²) < 4.78 is 1.17. The molecule has 0 N–H and O–H groups in total. The van der Waals surface area contributed by atoms with Crippen molar-refractivity contribution in [3.8, 4) is 0 Å². The number of carbonyl (C=O) groups is 1.